The molecule has 5 nitrogen and oxygen atoms in total. The van der Waals surface area contributed by atoms with Crippen molar-refractivity contribution in [3.63, 3.8) is 0 Å². The first-order valence-corrected chi connectivity index (χ1v) is 8.14. The number of Topliss-reactive ketones (excluding diaryl/α,β-unsaturated/α-hetero) is 1. The molecule has 3 atom stereocenters. The molecule has 1 amide bonds. The van der Waals surface area contributed by atoms with Crippen molar-refractivity contribution >= 4 is 17.7 Å². The van der Waals surface area contributed by atoms with Crippen LogP contribution in [-0.2, 0) is 19.1 Å². The predicted octanol–water partition coefficient (Wildman–Crippen LogP) is 2.25. The minimum absolute atomic E-state index is 0.0863. The van der Waals surface area contributed by atoms with Crippen LogP contribution < -0.4 is 5.32 Å². The van der Waals surface area contributed by atoms with E-state index in [0.29, 0.717) is 17.7 Å². The van der Waals surface area contributed by atoms with E-state index in [9.17, 15) is 14.4 Å². The third-order valence-corrected chi connectivity index (χ3v) is 4.90. The minimum Gasteiger partial charge on any atom is -0.468 e. The molecule has 5 heteroatoms. The molecule has 1 aromatic carbocycles. The van der Waals surface area contributed by atoms with Gasteiger partial charge in [-0.1, -0.05) is 36.8 Å². The van der Waals surface area contributed by atoms with E-state index < -0.39 is 11.9 Å². The van der Waals surface area contributed by atoms with Crippen LogP contribution in [0.2, 0.25) is 0 Å². The minimum atomic E-state index is -0.795. The molecule has 0 radical (unpaired) electrons. The number of ketones is 1. The fraction of sp³-hybridized carbons (Fsp3) is 0.421. The van der Waals surface area contributed by atoms with Crippen molar-refractivity contribution in [2.45, 2.75) is 32.6 Å². The number of nitrogens with one attached hydrogen (secondary N) is 1. The zero-order valence-electron chi connectivity index (χ0n) is 14.1. The fourth-order valence-electron chi connectivity index (χ4n) is 3.77. The van der Waals surface area contributed by atoms with Gasteiger partial charge in [-0.05, 0) is 24.8 Å². The van der Waals surface area contributed by atoms with Crippen LogP contribution in [0, 0.1) is 18.8 Å². The normalized spacial score (nSPS) is 26.7. The SMILES string of the molecule is COC(=O)[C@@H]1C(=O)C2=C(C[C@@H]1C)NC(=O)C[C@H]2c1cccc(C)c1. The predicted molar refractivity (Wildman–Crippen MR) is 88.0 cm³/mol. The highest BCUT2D eigenvalue weighted by Crippen LogP contribution is 2.42. The van der Waals surface area contributed by atoms with Gasteiger partial charge in [0.25, 0.3) is 0 Å². The van der Waals surface area contributed by atoms with Crippen molar-refractivity contribution < 1.29 is 19.1 Å². The number of aryl methyl sites for hydroxylation is 1. The Kier molecular flexibility index (Phi) is 4.26. The Morgan fingerprint density at radius 3 is 2.67 bits per heavy atom. The summed E-state index contributed by atoms with van der Waals surface area (Å²) in [5.41, 5.74) is 3.23. The molecule has 1 aromatic rings. The standard InChI is InChI=1S/C19H21NO4/c1-10-5-4-6-12(7-10)13-9-15(21)20-14-8-11(2)16(19(23)24-3)18(22)17(13)14/h4-7,11,13,16H,8-9H2,1-3H3,(H,20,21)/t11-,13-,16-/m0/s1. The molecule has 1 aliphatic heterocycles. The van der Waals surface area contributed by atoms with Crippen molar-refractivity contribution in [1.29, 1.82) is 0 Å². The molecule has 2 aliphatic rings. The summed E-state index contributed by atoms with van der Waals surface area (Å²) in [6.45, 7) is 3.81. The lowest BCUT2D eigenvalue weighted by atomic mass is 9.70. The van der Waals surface area contributed by atoms with Crippen molar-refractivity contribution in [2.24, 2.45) is 11.8 Å². The van der Waals surface area contributed by atoms with E-state index in [4.69, 9.17) is 4.74 Å². The third-order valence-electron chi connectivity index (χ3n) is 4.90. The monoisotopic (exact) mass is 327 g/mol. The van der Waals surface area contributed by atoms with Crippen LogP contribution in [0.25, 0.3) is 0 Å². The lowest BCUT2D eigenvalue weighted by Crippen LogP contribution is -2.44. The number of allylic oxidation sites excluding steroid dienone is 2. The molecule has 126 valence electrons. The van der Waals surface area contributed by atoms with Gasteiger partial charge < -0.3 is 10.1 Å². The molecule has 0 spiro atoms. The number of rotatable bonds is 2. The van der Waals surface area contributed by atoms with Crippen molar-refractivity contribution in [1.82, 2.24) is 5.32 Å². The van der Waals surface area contributed by atoms with Crippen LogP contribution in [0.15, 0.2) is 35.5 Å². The second-order valence-electron chi connectivity index (χ2n) is 6.66. The van der Waals surface area contributed by atoms with Crippen LogP contribution in [0.1, 0.15) is 36.8 Å². The molecule has 0 bridgehead atoms. The number of amides is 1. The summed E-state index contributed by atoms with van der Waals surface area (Å²) in [4.78, 5) is 37.2. The summed E-state index contributed by atoms with van der Waals surface area (Å²) in [5.74, 6) is -2.10. The summed E-state index contributed by atoms with van der Waals surface area (Å²) >= 11 is 0. The van der Waals surface area contributed by atoms with Crippen molar-refractivity contribution in [3.05, 3.63) is 46.7 Å². The van der Waals surface area contributed by atoms with Crippen LogP contribution in [0.4, 0.5) is 0 Å². The first-order valence-electron chi connectivity index (χ1n) is 8.14. The van der Waals surface area contributed by atoms with Crippen LogP contribution in [0.5, 0.6) is 0 Å². The van der Waals surface area contributed by atoms with Gasteiger partial charge in [-0.25, -0.2) is 0 Å². The van der Waals surface area contributed by atoms with Crippen molar-refractivity contribution in [3.8, 4) is 0 Å². The average Bonchev–Trinajstić information content (AvgIpc) is 2.53. The number of benzene rings is 1. The second kappa shape index (κ2) is 6.23. The molecule has 0 unspecified atom stereocenters. The Morgan fingerprint density at radius 2 is 2.00 bits per heavy atom. The quantitative estimate of drug-likeness (QED) is 0.668. The largest absolute Gasteiger partial charge is 0.468 e. The summed E-state index contributed by atoms with van der Waals surface area (Å²) in [6.07, 6.45) is 0.713. The van der Waals surface area contributed by atoms with Gasteiger partial charge in [0.15, 0.2) is 5.78 Å². The summed E-state index contributed by atoms with van der Waals surface area (Å²) in [5, 5.41) is 2.84. The van der Waals surface area contributed by atoms with Crippen LogP contribution >= 0.6 is 0 Å². The highest BCUT2D eigenvalue weighted by atomic mass is 16.5. The maximum atomic E-state index is 13.0. The first-order chi connectivity index (χ1) is 11.4. The number of methoxy groups -OCH3 is 1. The molecule has 0 fully saturated rings. The van der Waals surface area contributed by atoms with E-state index in [2.05, 4.69) is 5.32 Å². The Hall–Kier alpha value is -2.43. The average molecular weight is 327 g/mol. The zero-order chi connectivity index (χ0) is 17.4. The Balaban J connectivity index is 2.08. The van der Waals surface area contributed by atoms with E-state index in [1.54, 1.807) is 0 Å². The van der Waals surface area contributed by atoms with E-state index in [0.717, 1.165) is 11.1 Å². The summed E-state index contributed by atoms with van der Waals surface area (Å²) in [7, 11) is 1.30. The van der Waals surface area contributed by atoms with Crippen molar-refractivity contribution in [2.75, 3.05) is 7.11 Å². The lowest BCUT2D eigenvalue weighted by molar-refractivity contribution is -0.151. The van der Waals surface area contributed by atoms with Crippen LogP contribution in [-0.4, -0.2) is 24.8 Å². The molecule has 1 aliphatic carbocycles. The highest BCUT2D eigenvalue weighted by molar-refractivity contribution is 6.11. The van der Waals surface area contributed by atoms with E-state index in [1.165, 1.54) is 7.11 Å². The maximum Gasteiger partial charge on any atom is 0.316 e. The van der Waals surface area contributed by atoms with E-state index >= 15 is 0 Å². The Labute approximate surface area is 141 Å². The topological polar surface area (TPSA) is 72.5 Å². The second-order valence-corrected chi connectivity index (χ2v) is 6.66. The molecule has 0 saturated carbocycles. The first kappa shape index (κ1) is 16.4. The van der Waals surface area contributed by atoms with Gasteiger partial charge in [0.1, 0.15) is 5.92 Å². The molecule has 1 N–H and O–H groups in total. The highest BCUT2D eigenvalue weighted by Gasteiger charge is 2.45. The number of hydrogen-bond acceptors (Lipinski definition) is 4. The van der Waals surface area contributed by atoms with E-state index in [1.807, 2.05) is 38.1 Å². The summed E-state index contributed by atoms with van der Waals surface area (Å²) < 4.78 is 4.82. The molecule has 1 heterocycles. The number of hydrogen-bond donors (Lipinski definition) is 1. The molecular weight excluding hydrogens is 306 g/mol. The molecular formula is C19H21NO4. The van der Waals surface area contributed by atoms with Gasteiger partial charge in [-0.15, -0.1) is 0 Å². The summed E-state index contributed by atoms with van der Waals surface area (Å²) in [6, 6.07) is 7.82. The lowest BCUT2D eigenvalue weighted by Gasteiger charge is -2.36. The molecule has 24 heavy (non-hydrogen) atoms. The van der Waals surface area contributed by atoms with Crippen LogP contribution in [0.3, 0.4) is 0 Å². The van der Waals surface area contributed by atoms with Gasteiger partial charge in [0.2, 0.25) is 5.91 Å². The number of esters is 1. The maximum absolute atomic E-state index is 13.0. The van der Waals surface area contributed by atoms with Gasteiger partial charge in [-0.2, -0.15) is 0 Å². The van der Waals surface area contributed by atoms with Gasteiger partial charge in [0, 0.05) is 23.6 Å². The van der Waals surface area contributed by atoms with E-state index in [-0.39, 0.29) is 29.9 Å². The number of ether oxygens (including phenoxy) is 1. The third kappa shape index (κ3) is 2.75. The molecule has 0 aromatic heterocycles. The smallest absolute Gasteiger partial charge is 0.316 e. The fourth-order valence-corrected chi connectivity index (χ4v) is 3.77. The molecule has 0 saturated heterocycles. The Morgan fingerprint density at radius 1 is 1.25 bits per heavy atom. The van der Waals surface area contributed by atoms with Gasteiger partial charge >= 0.3 is 5.97 Å². The Bertz CT molecular complexity index is 749. The van der Waals surface area contributed by atoms with Gasteiger partial charge in [-0.3, -0.25) is 14.4 Å². The zero-order valence-corrected chi connectivity index (χ0v) is 14.1. The number of carbonyl (C=O) groups excluding carboxylic acids is 3. The molecule has 3 rings (SSSR count). The van der Waals surface area contributed by atoms with Gasteiger partial charge in [0.05, 0.1) is 7.11 Å². The number of carbonyl (C=O) groups is 3.